The van der Waals surface area contributed by atoms with Gasteiger partial charge in [-0.3, -0.25) is 4.79 Å². The molecule has 1 aliphatic heterocycles. The lowest BCUT2D eigenvalue weighted by Crippen LogP contribution is -2.18. The lowest BCUT2D eigenvalue weighted by molar-refractivity contribution is -0.140. The van der Waals surface area contributed by atoms with Gasteiger partial charge in [-0.15, -0.1) is 0 Å². The number of fused-ring (bicyclic) bond motifs is 1. The molecule has 0 aromatic heterocycles. The minimum absolute atomic E-state index is 0.146. The summed E-state index contributed by atoms with van der Waals surface area (Å²) in [6.45, 7) is 3.44. The first kappa shape index (κ1) is 11.6. The molecule has 0 aliphatic carbocycles. The number of carbonyl (C=O) groups is 1. The first-order valence-corrected chi connectivity index (χ1v) is 5.58. The lowest BCUT2D eigenvalue weighted by Gasteiger charge is -2.19. The van der Waals surface area contributed by atoms with Crippen molar-refractivity contribution in [2.45, 2.75) is 6.92 Å². The lowest BCUT2D eigenvalue weighted by atomic mass is 10.2. The Morgan fingerprint density at radius 1 is 1.35 bits per heavy atom. The van der Waals surface area contributed by atoms with E-state index in [1.165, 1.54) is 0 Å². The third kappa shape index (κ3) is 3.03. The summed E-state index contributed by atoms with van der Waals surface area (Å²) in [4.78, 5) is 11.2. The average molecular weight is 237 g/mol. The highest BCUT2D eigenvalue weighted by molar-refractivity contribution is 5.75. The molecular weight excluding hydrogens is 222 g/mol. The SMILES string of the molecule is CCOC(=O)CNc1ccc2c(c1)OCCO2. The molecule has 92 valence electrons. The maximum absolute atomic E-state index is 11.2. The third-order valence-corrected chi connectivity index (χ3v) is 2.28. The number of benzene rings is 1. The fraction of sp³-hybridized carbons (Fsp3) is 0.417. The molecule has 0 fully saturated rings. The quantitative estimate of drug-likeness (QED) is 0.803. The number of rotatable bonds is 4. The average Bonchev–Trinajstić information content (AvgIpc) is 2.36. The summed E-state index contributed by atoms with van der Waals surface area (Å²) in [5, 5.41) is 2.97. The molecule has 17 heavy (non-hydrogen) atoms. The maximum atomic E-state index is 11.2. The number of nitrogens with one attached hydrogen (secondary N) is 1. The van der Waals surface area contributed by atoms with E-state index in [0.29, 0.717) is 25.6 Å². The monoisotopic (exact) mass is 237 g/mol. The van der Waals surface area contributed by atoms with Crippen LogP contribution in [0, 0.1) is 0 Å². The number of hydrogen-bond acceptors (Lipinski definition) is 5. The Balaban J connectivity index is 1.95. The Bertz CT molecular complexity index is 405. The van der Waals surface area contributed by atoms with Crippen LogP contribution in [0.5, 0.6) is 11.5 Å². The number of carbonyl (C=O) groups excluding carboxylic acids is 1. The van der Waals surface area contributed by atoms with Crippen LogP contribution in [-0.4, -0.2) is 32.3 Å². The Kier molecular flexibility index (Phi) is 3.69. The van der Waals surface area contributed by atoms with Gasteiger partial charge in [0.1, 0.15) is 19.8 Å². The van der Waals surface area contributed by atoms with Gasteiger partial charge in [0.15, 0.2) is 11.5 Å². The molecule has 2 rings (SSSR count). The fourth-order valence-corrected chi connectivity index (χ4v) is 1.54. The predicted octanol–water partition coefficient (Wildman–Crippen LogP) is 1.43. The summed E-state index contributed by atoms with van der Waals surface area (Å²) in [5.41, 5.74) is 0.808. The summed E-state index contributed by atoms with van der Waals surface area (Å²) < 4.78 is 15.7. The van der Waals surface area contributed by atoms with Gasteiger partial charge in [-0.25, -0.2) is 0 Å². The highest BCUT2D eigenvalue weighted by Crippen LogP contribution is 2.32. The Morgan fingerprint density at radius 2 is 2.12 bits per heavy atom. The van der Waals surface area contributed by atoms with E-state index in [-0.39, 0.29) is 12.5 Å². The number of anilines is 1. The molecular formula is C12H15NO4. The van der Waals surface area contributed by atoms with Gasteiger partial charge in [0.05, 0.1) is 6.61 Å². The number of esters is 1. The van der Waals surface area contributed by atoms with Gasteiger partial charge in [-0.2, -0.15) is 0 Å². The van der Waals surface area contributed by atoms with E-state index in [9.17, 15) is 4.79 Å². The van der Waals surface area contributed by atoms with Crippen LogP contribution in [0.1, 0.15) is 6.92 Å². The Labute approximate surface area is 99.7 Å². The predicted molar refractivity (Wildman–Crippen MR) is 62.6 cm³/mol. The molecule has 0 bridgehead atoms. The van der Waals surface area contributed by atoms with E-state index in [4.69, 9.17) is 14.2 Å². The molecule has 5 nitrogen and oxygen atoms in total. The van der Waals surface area contributed by atoms with E-state index in [0.717, 1.165) is 11.4 Å². The fourth-order valence-electron chi connectivity index (χ4n) is 1.54. The second kappa shape index (κ2) is 5.43. The largest absolute Gasteiger partial charge is 0.486 e. The van der Waals surface area contributed by atoms with E-state index in [1.807, 2.05) is 18.2 Å². The zero-order valence-corrected chi connectivity index (χ0v) is 9.69. The highest BCUT2D eigenvalue weighted by Gasteiger charge is 2.11. The molecule has 1 aliphatic rings. The van der Waals surface area contributed by atoms with E-state index < -0.39 is 0 Å². The van der Waals surface area contributed by atoms with Crippen LogP contribution < -0.4 is 14.8 Å². The van der Waals surface area contributed by atoms with Gasteiger partial charge >= 0.3 is 5.97 Å². The van der Waals surface area contributed by atoms with Crippen molar-refractivity contribution in [2.24, 2.45) is 0 Å². The number of hydrogen-bond donors (Lipinski definition) is 1. The van der Waals surface area contributed by atoms with Crippen LogP contribution in [0.4, 0.5) is 5.69 Å². The van der Waals surface area contributed by atoms with E-state index in [2.05, 4.69) is 5.32 Å². The summed E-state index contributed by atoms with van der Waals surface area (Å²) in [5.74, 6) is 1.16. The molecule has 1 heterocycles. The first-order valence-electron chi connectivity index (χ1n) is 5.58. The molecule has 0 spiro atoms. The molecule has 0 unspecified atom stereocenters. The Morgan fingerprint density at radius 3 is 2.88 bits per heavy atom. The molecule has 0 saturated carbocycles. The van der Waals surface area contributed by atoms with Crippen LogP contribution in [0.3, 0.4) is 0 Å². The first-order chi connectivity index (χ1) is 8.29. The second-order valence-electron chi connectivity index (χ2n) is 3.52. The smallest absolute Gasteiger partial charge is 0.325 e. The van der Waals surface area contributed by atoms with Crippen molar-refractivity contribution in [2.75, 3.05) is 31.7 Å². The molecule has 0 saturated heterocycles. The van der Waals surface area contributed by atoms with Crippen molar-refractivity contribution in [1.82, 2.24) is 0 Å². The second-order valence-corrected chi connectivity index (χ2v) is 3.52. The Hall–Kier alpha value is -1.91. The van der Waals surface area contributed by atoms with Gasteiger partial charge in [0, 0.05) is 11.8 Å². The molecule has 1 aromatic carbocycles. The molecule has 0 amide bonds. The van der Waals surface area contributed by atoms with Gasteiger partial charge in [0.25, 0.3) is 0 Å². The van der Waals surface area contributed by atoms with Crippen LogP contribution in [0.2, 0.25) is 0 Å². The highest BCUT2D eigenvalue weighted by atomic mass is 16.6. The van der Waals surface area contributed by atoms with Crippen LogP contribution in [0.25, 0.3) is 0 Å². The van der Waals surface area contributed by atoms with Gasteiger partial charge in [0.2, 0.25) is 0 Å². The topological polar surface area (TPSA) is 56.8 Å². The van der Waals surface area contributed by atoms with E-state index >= 15 is 0 Å². The van der Waals surface area contributed by atoms with Gasteiger partial charge < -0.3 is 19.5 Å². The van der Waals surface area contributed by atoms with Gasteiger partial charge in [-0.1, -0.05) is 0 Å². The minimum Gasteiger partial charge on any atom is -0.486 e. The van der Waals surface area contributed by atoms with Crippen molar-refractivity contribution < 1.29 is 19.0 Å². The summed E-state index contributed by atoms with van der Waals surface area (Å²) >= 11 is 0. The summed E-state index contributed by atoms with van der Waals surface area (Å²) in [6.07, 6.45) is 0. The molecule has 0 atom stereocenters. The molecule has 0 radical (unpaired) electrons. The van der Waals surface area contributed by atoms with Crippen LogP contribution in [0.15, 0.2) is 18.2 Å². The molecule has 1 aromatic rings. The van der Waals surface area contributed by atoms with Crippen LogP contribution >= 0.6 is 0 Å². The van der Waals surface area contributed by atoms with Crippen molar-refractivity contribution in [3.05, 3.63) is 18.2 Å². The number of ether oxygens (including phenoxy) is 3. The van der Waals surface area contributed by atoms with Crippen molar-refractivity contribution in [3.63, 3.8) is 0 Å². The normalized spacial score (nSPS) is 13.0. The van der Waals surface area contributed by atoms with E-state index in [1.54, 1.807) is 6.92 Å². The van der Waals surface area contributed by atoms with Crippen molar-refractivity contribution >= 4 is 11.7 Å². The molecule has 1 N–H and O–H groups in total. The van der Waals surface area contributed by atoms with Crippen molar-refractivity contribution in [3.8, 4) is 11.5 Å². The minimum atomic E-state index is -0.276. The summed E-state index contributed by atoms with van der Waals surface area (Å²) in [6, 6.07) is 5.47. The van der Waals surface area contributed by atoms with Crippen molar-refractivity contribution in [1.29, 1.82) is 0 Å². The zero-order chi connectivity index (χ0) is 12.1. The third-order valence-electron chi connectivity index (χ3n) is 2.28. The molecule has 5 heteroatoms. The maximum Gasteiger partial charge on any atom is 0.325 e. The summed E-state index contributed by atoms with van der Waals surface area (Å²) in [7, 11) is 0. The zero-order valence-electron chi connectivity index (χ0n) is 9.69. The standard InChI is InChI=1S/C12H15NO4/c1-2-15-12(14)8-13-9-3-4-10-11(7-9)17-6-5-16-10/h3-4,7,13H,2,5-6,8H2,1H3. The van der Waals surface area contributed by atoms with Crippen LogP contribution in [-0.2, 0) is 9.53 Å². The van der Waals surface area contributed by atoms with Gasteiger partial charge in [-0.05, 0) is 19.1 Å².